The number of aliphatic hydroxyl groups excluding tert-OH is 2. The molecule has 182 valence electrons. The molecule has 3 aromatic rings. The van der Waals surface area contributed by atoms with Gasteiger partial charge in [-0.05, 0) is 12.1 Å². The zero-order valence-corrected chi connectivity index (χ0v) is 19.3. The van der Waals surface area contributed by atoms with E-state index in [4.69, 9.17) is 35.6 Å². The zero-order chi connectivity index (χ0) is 24.0. The van der Waals surface area contributed by atoms with Gasteiger partial charge in [-0.3, -0.25) is 23.3 Å². The molecule has 5 N–H and O–H groups in total. The Bertz CT molecular complexity index is 1320. The van der Waals surface area contributed by atoms with Crippen LogP contribution >= 0.6 is 19.4 Å². The maximum Gasteiger partial charge on any atom is 0.475 e. The first-order valence-electron chi connectivity index (χ1n) is 10.5. The summed E-state index contributed by atoms with van der Waals surface area (Å²) in [6, 6.07) is 8.52. The summed E-state index contributed by atoms with van der Waals surface area (Å²) in [6.45, 7) is -0.278. The third kappa shape index (κ3) is 4.28. The first kappa shape index (κ1) is 23.5. The molecule has 2 fully saturated rings. The van der Waals surface area contributed by atoms with Crippen molar-refractivity contribution < 1.29 is 33.1 Å². The van der Waals surface area contributed by atoms with Crippen LogP contribution in [0.3, 0.4) is 0 Å². The molecule has 1 unspecified atom stereocenters. The molecule has 2 aliphatic heterocycles. The number of nitrogens with zero attached hydrogens (tertiary/aromatic N) is 2. The van der Waals surface area contributed by atoms with Gasteiger partial charge in [0, 0.05) is 23.2 Å². The number of aromatic amines is 1. The maximum absolute atomic E-state index is 13.1. The lowest BCUT2D eigenvalue weighted by Crippen LogP contribution is -2.34. The fourth-order valence-electron chi connectivity index (χ4n) is 4.05. The number of nitrogens with one attached hydrogen (secondary N) is 1. The van der Waals surface area contributed by atoms with E-state index in [1.807, 2.05) is 0 Å². The van der Waals surface area contributed by atoms with Crippen LogP contribution in [0.5, 0.6) is 0 Å². The molecule has 0 radical (unpaired) electrons. The van der Waals surface area contributed by atoms with Crippen molar-refractivity contribution in [3.8, 4) is 0 Å². The van der Waals surface area contributed by atoms with Crippen molar-refractivity contribution >= 4 is 36.4 Å². The van der Waals surface area contributed by atoms with Gasteiger partial charge in [-0.2, -0.15) is 4.98 Å². The van der Waals surface area contributed by atoms with E-state index in [0.717, 1.165) is 0 Å². The molecule has 0 spiro atoms. The lowest BCUT2D eigenvalue weighted by atomic mass is 10.1. The Kier molecular flexibility index (Phi) is 6.25. The normalized spacial score (nSPS) is 31.8. The minimum Gasteiger partial charge on any atom is -0.387 e. The Labute approximate surface area is 197 Å². The van der Waals surface area contributed by atoms with Gasteiger partial charge in [0.15, 0.2) is 11.9 Å². The molecule has 2 aromatic heterocycles. The molecule has 14 heteroatoms. The second kappa shape index (κ2) is 9.06. The topological polar surface area (TPSA) is 171 Å². The summed E-state index contributed by atoms with van der Waals surface area (Å²) in [7, 11) is -4.00. The van der Waals surface area contributed by atoms with Gasteiger partial charge >= 0.3 is 7.82 Å². The van der Waals surface area contributed by atoms with Crippen LogP contribution in [-0.4, -0.2) is 56.3 Å². The molecule has 0 aliphatic carbocycles. The highest BCUT2D eigenvalue weighted by atomic mass is 35.5. The molecule has 2 saturated heterocycles. The number of nitrogens with two attached hydrogens (primary N) is 1. The third-order valence-electron chi connectivity index (χ3n) is 5.75. The fraction of sp³-hybridized carbons (Fsp3) is 0.400. The summed E-state index contributed by atoms with van der Waals surface area (Å²) in [5, 5.41) is 21.8. The molecule has 1 aromatic carbocycles. The number of hydrogen-bond donors (Lipinski definition) is 4. The standard InChI is InChI=1S/C20H22ClN4O8P/c21-12-4-2-1-3-10(12)13-6-8-30-34(29,33-13)31-9-14-15(26)16(27)19(32-14)25-7-5-11-17(25)23-20(22)24-18(11)28/h1-5,7,13-16,19,26-27H,6,8-9H2,(H3,22,23,24,28)/t13-,14+,15+,16+,19+,34?/m0/s1. The van der Waals surface area contributed by atoms with Crippen molar-refractivity contribution in [1.82, 2.24) is 14.5 Å². The van der Waals surface area contributed by atoms with Gasteiger partial charge in [-0.15, -0.1) is 0 Å². The number of aromatic nitrogens is 3. The number of fused-ring (bicyclic) bond motifs is 1. The first-order valence-corrected chi connectivity index (χ1v) is 12.3. The molecule has 0 amide bonds. The number of hydrogen-bond acceptors (Lipinski definition) is 10. The summed E-state index contributed by atoms with van der Waals surface area (Å²) in [4.78, 5) is 18.5. The number of benzene rings is 1. The minimum absolute atomic E-state index is 0.108. The Morgan fingerprint density at radius 1 is 1.29 bits per heavy atom. The molecule has 5 rings (SSSR count). The van der Waals surface area contributed by atoms with Gasteiger partial charge in [0.1, 0.15) is 18.3 Å². The summed E-state index contributed by atoms with van der Waals surface area (Å²) in [5.74, 6) is -0.108. The number of H-pyrrole nitrogens is 1. The highest BCUT2D eigenvalue weighted by Crippen LogP contribution is 2.57. The maximum atomic E-state index is 13.1. The molecule has 6 atom stereocenters. The van der Waals surface area contributed by atoms with Crippen LogP contribution in [0.15, 0.2) is 41.3 Å². The van der Waals surface area contributed by atoms with E-state index in [1.165, 1.54) is 16.8 Å². The average Bonchev–Trinajstić information content (AvgIpc) is 3.34. The second-order valence-electron chi connectivity index (χ2n) is 7.94. The Balaban J connectivity index is 1.30. The van der Waals surface area contributed by atoms with E-state index in [0.29, 0.717) is 17.0 Å². The van der Waals surface area contributed by atoms with Crippen molar-refractivity contribution in [2.75, 3.05) is 18.9 Å². The van der Waals surface area contributed by atoms with Gasteiger partial charge in [-0.25, -0.2) is 4.57 Å². The number of halogens is 1. The van der Waals surface area contributed by atoms with Crippen molar-refractivity contribution in [1.29, 1.82) is 0 Å². The van der Waals surface area contributed by atoms with E-state index < -0.39 is 50.6 Å². The minimum atomic E-state index is -4.00. The molecule has 34 heavy (non-hydrogen) atoms. The number of phosphoric acid groups is 1. The summed E-state index contributed by atoms with van der Waals surface area (Å²) in [6.07, 6.45) is -3.64. The highest BCUT2D eigenvalue weighted by Gasteiger charge is 2.46. The Morgan fingerprint density at radius 3 is 2.88 bits per heavy atom. The van der Waals surface area contributed by atoms with Crippen molar-refractivity contribution in [2.24, 2.45) is 0 Å². The number of phosphoric ester groups is 1. The van der Waals surface area contributed by atoms with E-state index in [2.05, 4.69) is 9.97 Å². The van der Waals surface area contributed by atoms with Crippen LogP contribution in [0.2, 0.25) is 5.02 Å². The Morgan fingerprint density at radius 2 is 2.09 bits per heavy atom. The average molecular weight is 513 g/mol. The molecule has 0 bridgehead atoms. The molecule has 0 saturated carbocycles. The molecule has 12 nitrogen and oxygen atoms in total. The number of anilines is 1. The van der Waals surface area contributed by atoms with Gasteiger partial charge in [0.05, 0.1) is 24.7 Å². The molecule has 4 heterocycles. The highest BCUT2D eigenvalue weighted by molar-refractivity contribution is 7.48. The van der Waals surface area contributed by atoms with E-state index in [-0.39, 0.29) is 23.6 Å². The van der Waals surface area contributed by atoms with Gasteiger partial charge in [-0.1, -0.05) is 29.8 Å². The van der Waals surface area contributed by atoms with Crippen molar-refractivity contribution in [3.05, 3.63) is 57.5 Å². The van der Waals surface area contributed by atoms with Crippen LogP contribution < -0.4 is 11.3 Å². The number of nitrogen functional groups attached to an aromatic ring is 1. The number of aliphatic hydroxyl groups is 2. The SMILES string of the molecule is Nc1nc2c(ccn2[C@@H]2O[C@H](COP3(=O)OCC[C@@H](c4ccccc4Cl)O3)[C@@H](O)[C@H]2O)c(=O)[nH]1. The quantitative estimate of drug-likeness (QED) is 0.370. The summed E-state index contributed by atoms with van der Waals surface area (Å²) in [5.41, 5.74) is 6.01. The lowest BCUT2D eigenvalue weighted by Gasteiger charge is -2.30. The molecular formula is C20H22ClN4O8P. The monoisotopic (exact) mass is 512 g/mol. The van der Waals surface area contributed by atoms with Crippen molar-refractivity contribution in [2.45, 2.75) is 37.1 Å². The van der Waals surface area contributed by atoms with Gasteiger partial charge < -0.3 is 25.3 Å². The summed E-state index contributed by atoms with van der Waals surface area (Å²) < 4.78 is 36.5. The lowest BCUT2D eigenvalue weighted by molar-refractivity contribution is -0.0576. The predicted octanol–water partition coefficient (Wildman–Crippen LogP) is 1.88. The van der Waals surface area contributed by atoms with E-state index >= 15 is 0 Å². The third-order valence-corrected chi connectivity index (χ3v) is 7.57. The number of rotatable bonds is 5. The second-order valence-corrected chi connectivity index (χ2v) is 9.97. The van der Waals surface area contributed by atoms with Crippen LogP contribution in [-0.2, 0) is 22.9 Å². The molecule has 2 aliphatic rings. The van der Waals surface area contributed by atoms with E-state index in [1.54, 1.807) is 24.3 Å². The van der Waals surface area contributed by atoms with Crippen LogP contribution in [0.1, 0.15) is 24.3 Å². The largest absolute Gasteiger partial charge is 0.475 e. The van der Waals surface area contributed by atoms with Crippen molar-refractivity contribution in [3.63, 3.8) is 0 Å². The van der Waals surface area contributed by atoms with Gasteiger partial charge in [0.25, 0.3) is 5.56 Å². The van der Waals surface area contributed by atoms with Crippen LogP contribution in [0.25, 0.3) is 11.0 Å². The molecular weight excluding hydrogens is 491 g/mol. The number of ether oxygens (including phenoxy) is 1. The van der Waals surface area contributed by atoms with Crippen LogP contribution in [0.4, 0.5) is 5.95 Å². The smallest absolute Gasteiger partial charge is 0.387 e. The van der Waals surface area contributed by atoms with Gasteiger partial charge in [0.2, 0.25) is 5.95 Å². The van der Waals surface area contributed by atoms with E-state index in [9.17, 15) is 19.6 Å². The Hall–Kier alpha value is -2.28. The fourth-order valence-corrected chi connectivity index (χ4v) is 5.70. The zero-order valence-electron chi connectivity index (χ0n) is 17.6. The summed E-state index contributed by atoms with van der Waals surface area (Å²) >= 11 is 6.22. The van der Waals surface area contributed by atoms with Crippen LogP contribution in [0, 0.1) is 0 Å². The predicted molar refractivity (Wildman–Crippen MR) is 120 cm³/mol. The first-order chi connectivity index (χ1) is 16.3.